The number of nitrogens with one attached hydrogen (secondary N) is 2. The summed E-state index contributed by atoms with van der Waals surface area (Å²) in [7, 11) is 0. The van der Waals surface area contributed by atoms with Crippen LogP contribution in [0.1, 0.15) is 12.8 Å². The number of hydrogen-bond acceptors (Lipinski definition) is 3. The lowest BCUT2D eigenvalue weighted by atomic mass is 9.96. The van der Waals surface area contributed by atoms with E-state index in [1.165, 1.54) is 0 Å². The number of halogens is 3. The maximum atomic E-state index is 12.6. The van der Waals surface area contributed by atoms with Crippen LogP contribution in [-0.2, 0) is 9.59 Å². The summed E-state index contributed by atoms with van der Waals surface area (Å²) in [6.07, 6.45) is -4.15. The van der Waals surface area contributed by atoms with Crippen LogP contribution in [0.4, 0.5) is 18.9 Å². The molecule has 1 aromatic carbocycles. The van der Waals surface area contributed by atoms with E-state index in [2.05, 4.69) is 10.6 Å². The number of benzene rings is 1. The molecule has 0 aromatic heterocycles. The smallest absolute Gasteiger partial charge is 0.346 e. The van der Waals surface area contributed by atoms with Gasteiger partial charge in [-0.05, 0) is 38.1 Å². The van der Waals surface area contributed by atoms with E-state index in [0.717, 1.165) is 0 Å². The second-order valence-electron chi connectivity index (χ2n) is 5.78. The molecule has 1 saturated heterocycles. The van der Waals surface area contributed by atoms with Crippen molar-refractivity contribution in [3.05, 3.63) is 30.3 Å². The van der Waals surface area contributed by atoms with Crippen molar-refractivity contribution in [2.75, 3.05) is 31.5 Å². The van der Waals surface area contributed by atoms with E-state index in [4.69, 9.17) is 0 Å². The number of anilines is 1. The van der Waals surface area contributed by atoms with Gasteiger partial charge < -0.3 is 10.6 Å². The first-order chi connectivity index (χ1) is 11.3. The van der Waals surface area contributed by atoms with Gasteiger partial charge in [0.15, 0.2) is 0 Å². The number of nitrogens with zero attached hydrogens (tertiary/aromatic N) is 1. The fraction of sp³-hybridized carbons (Fsp3) is 0.500. The summed E-state index contributed by atoms with van der Waals surface area (Å²) in [4.78, 5) is 25.2. The van der Waals surface area contributed by atoms with E-state index in [0.29, 0.717) is 5.69 Å². The molecular formula is C16H20F3N3O2. The summed E-state index contributed by atoms with van der Waals surface area (Å²) in [6, 6.07) is 8.83. The molecule has 2 amide bonds. The SMILES string of the molecule is O=C(CN1CCC(C(F)(F)F)CC1)NCC(=O)Nc1ccccc1. The van der Waals surface area contributed by atoms with Crippen LogP contribution in [0.25, 0.3) is 0 Å². The lowest BCUT2D eigenvalue weighted by Crippen LogP contribution is -2.45. The van der Waals surface area contributed by atoms with Crippen molar-refractivity contribution >= 4 is 17.5 Å². The van der Waals surface area contributed by atoms with Crippen molar-refractivity contribution in [1.29, 1.82) is 0 Å². The molecule has 2 N–H and O–H groups in total. The second kappa shape index (κ2) is 8.14. The van der Waals surface area contributed by atoms with Gasteiger partial charge in [-0.15, -0.1) is 0 Å². The lowest BCUT2D eigenvalue weighted by Gasteiger charge is -2.32. The number of carbonyl (C=O) groups is 2. The van der Waals surface area contributed by atoms with Gasteiger partial charge >= 0.3 is 6.18 Å². The zero-order chi connectivity index (χ0) is 17.6. The van der Waals surface area contributed by atoms with Crippen molar-refractivity contribution in [2.24, 2.45) is 5.92 Å². The van der Waals surface area contributed by atoms with Crippen LogP contribution in [0.15, 0.2) is 30.3 Å². The number of hydrogen-bond donors (Lipinski definition) is 2. The number of amides is 2. The minimum absolute atomic E-state index is 0.00317. The Kier molecular flexibility index (Phi) is 6.19. The minimum atomic E-state index is -4.16. The summed E-state index contributed by atoms with van der Waals surface area (Å²) in [5, 5.41) is 5.11. The monoisotopic (exact) mass is 343 g/mol. The van der Waals surface area contributed by atoms with Gasteiger partial charge in [0, 0.05) is 5.69 Å². The minimum Gasteiger partial charge on any atom is -0.346 e. The Hall–Kier alpha value is -2.09. The number of piperidine rings is 1. The summed E-state index contributed by atoms with van der Waals surface area (Å²) >= 11 is 0. The zero-order valence-corrected chi connectivity index (χ0v) is 13.1. The predicted octanol–water partition coefficient (Wildman–Crippen LogP) is 2.02. The molecule has 5 nitrogen and oxygen atoms in total. The highest BCUT2D eigenvalue weighted by Crippen LogP contribution is 2.33. The molecular weight excluding hydrogens is 323 g/mol. The molecule has 8 heteroatoms. The second-order valence-corrected chi connectivity index (χ2v) is 5.78. The van der Waals surface area contributed by atoms with Gasteiger partial charge in [-0.25, -0.2) is 0 Å². The van der Waals surface area contributed by atoms with Crippen LogP contribution in [0.5, 0.6) is 0 Å². The zero-order valence-electron chi connectivity index (χ0n) is 13.1. The van der Waals surface area contributed by atoms with Gasteiger partial charge in [0.25, 0.3) is 0 Å². The van der Waals surface area contributed by atoms with Gasteiger partial charge in [0.05, 0.1) is 19.0 Å². The van der Waals surface area contributed by atoms with Crippen LogP contribution in [0.3, 0.4) is 0 Å². The number of likely N-dealkylation sites (tertiary alicyclic amines) is 1. The summed E-state index contributed by atoms with van der Waals surface area (Å²) in [5.41, 5.74) is 0.631. The molecule has 0 unspecified atom stereocenters. The molecule has 24 heavy (non-hydrogen) atoms. The van der Waals surface area contributed by atoms with Crippen molar-refractivity contribution < 1.29 is 22.8 Å². The molecule has 132 valence electrons. The topological polar surface area (TPSA) is 61.4 Å². The van der Waals surface area contributed by atoms with E-state index in [1.807, 2.05) is 6.07 Å². The molecule has 0 bridgehead atoms. The van der Waals surface area contributed by atoms with Crippen molar-refractivity contribution in [2.45, 2.75) is 19.0 Å². The Morgan fingerprint density at radius 3 is 2.29 bits per heavy atom. The van der Waals surface area contributed by atoms with Crippen molar-refractivity contribution in [3.8, 4) is 0 Å². The summed E-state index contributed by atoms with van der Waals surface area (Å²) in [6.45, 7) is 0.289. The van der Waals surface area contributed by atoms with Gasteiger partial charge in [-0.2, -0.15) is 13.2 Å². The number of carbonyl (C=O) groups excluding carboxylic acids is 2. The largest absolute Gasteiger partial charge is 0.391 e. The molecule has 0 aliphatic carbocycles. The first kappa shape index (κ1) is 18.3. The Morgan fingerprint density at radius 1 is 1.08 bits per heavy atom. The number of rotatable bonds is 5. The van der Waals surface area contributed by atoms with Crippen LogP contribution in [-0.4, -0.2) is 49.1 Å². The van der Waals surface area contributed by atoms with Gasteiger partial charge in [0.1, 0.15) is 0 Å². The fourth-order valence-electron chi connectivity index (χ4n) is 2.58. The van der Waals surface area contributed by atoms with Gasteiger partial charge in [0.2, 0.25) is 11.8 Å². The Morgan fingerprint density at radius 2 is 1.71 bits per heavy atom. The molecule has 1 aliphatic heterocycles. The van der Waals surface area contributed by atoms with Crippen LogP contribution in [0, 0.1) is 5.92 Å². The van der Waals surface area contributed by atoms with E-state index in [1.54, 1.807) is 29.2 Å². The van der Waals surface area contributed by atoms with Crippen molar-refractivity contribution in [3.63, 3.8) is 0 Å². The molecule has 1 fully saturated rings. The maximum Gasteiger partial charge on any atom is 0.391 e. The average Bonchev–Trinajstić information content (AvgIpc) is 2.53. The molecule has 1 heterocycles. The third kappa shape index (κ3) is 5.84. The van der Waals surface area contributed by atoms with E-state index >= 15 is 0 Å². The molecule has 0 radical (unpaired) electrons. The third-order valence-corrected chi connectivity index (χ3v) is 3.92. The molecule has 2 rings (SSSR count). The van der Waals surface area contributed by atoms with Crippen LogP contribution in [0.2, 0.25) is 0 Å². The first-order valence-corrected chi connectivity index (χ1v) is 7.75. The van der Waals surface area contributed by atoms with Gasteiger partial charge in [-0.3, -0.25) is 14.5 Å². The Balaban J connectivity index is 1.66. The lowest BCUT2D eigenvalue weighted by molar-refractivity contribution is -0.185. The summed E-state index contributed by atoms with van der Waals surface area (Å²) < 4.78 is 37.7. The predicted molar refractivity (Wildman–Crippen MR) is 83.3 cm³/mol. The van der Waals surface area contributed by atoms with E-state index in [9.17, 15) is 22.8 Å². The fourth-order valence-corrected chi connectivity index (χ4v) is 2.58. The molecule has 0 spiro atoms. The normalized spacial score (nSPS) is 16.6. The Bertz CT molecular complexity index is 555. The molecule has 0 saturated carbocycles. The van der Waals surface area contributed by atoms with Crippen molar-refractivity contribution in [1.82, 2.24) is 10.2 Å². The average molecular weight is 343 g/mol. The highest BCUT2D eigenvalue weighted by Gasteiger charge is 2.41. The first-order valence-electron chi connectivity index (χ1n) is 7.75. The third-order valence-electron chi connectivity index (χ3n) is 3.92. The van der Waals surface area contributed by atoms with Crippen LogP contribution >= 0.6 is 0 Å². The number of para-hydroxylation sites is 1. The van der Waals surface area contributed by atoms with Crippen LogP contribution < -0.4 is 10.6 Å². The molecule has 1 aromatic rings. The highest BCUT2D eigenvalue weighted by atomic mass is 19.4. The van der Waals surface area contributed by atoms with E-state index < -0.39 is 12.1 Å². The molecule has 0 atom stereocenters. The molecule has 1 aliphatic rings. The standard InChI is InChI=1S/C16H20F3N3O2/c17-16(18,19)12-6-8-22(9-7-12)11-15(24)20-10-14(23)21-13-4-2-1-3-5-13/h1-5,12H,6-11H2,(H,20,24)(H,21,23). The maximum absolute atomic E-state index is 12.6. The summed E-state index contributed by atoms with van der Waals surface area (Å²) in [5.74, 6) is -2.01. The Labute approximate surface area is 138 Å². The quantitative estimate of drug-likeness (QED) is 0.860. The van der Waals surface area contributed by atoms with E-state index in [-0.39, 0.29) is 50.8 Å². The highest BCUT2D eigenvalue weighted by molar-refractivity contribution is 5.94. The number of alkyl halides is 3. The van der Waals surface area contributed by atoms with Gasteiger partial charge in [-0.1, -0.05) is 18.2 Å².